The van der Waals surface area contributed by atoms with E-state index in [4.69, 9.17) is 11.6 Å². The zero-order valence-corrected chi connectivity index (χ0v) is 21.9. The molecule has 1 amide bonds. The molecular weight excluding hydrogens is 502 g/mol. The minimum atomic E-state index is -1.46. The van der Waals surface area contributed by atoms with Crippen LogP contribution in [0.2, 0.25) is 5.02 Å². The number of piperidine rings is 1. The van der Waals surface area contributed by atoms with Crippen molar-refractivity contribution in [1.29, 1.82) is 0 Å². The van der Waals surface area contributed by atoms with Gasteiger partial charge in [0, 0.05) is 41.5 Å². The van der Waals surface area contributed by atoms with Crippen molar-refractivity contribution in [3.8, 4) is 0 Å². The number of benzene rings is 3. The van der Waals surface area contributed by atoms with Crippen molar-refractivity contribution >= 4 is 34.2 Å². The number of aromatic nitrogens is 1. The van der Waals surface area contributed by atoms with Crippen LogP contribution in [0.1, 0.15) is 40.4 Å². The Morgan fingerprint density at radius 3 is 2.35 bits per heavy atom. The highest BCUT2D eigenvalue weighted by Gasteiger charge is 2.26. The van der Waals surface area contributed by atoms with Gasteiger partial charge >= 0.3 is 0 Å². The third kappa shape index (κ3) is 6.09. The molecule has 188 valence electrons. The van der Waals surface area contributed by atoms with Gasteiger partial charge in [-0.05, 0) is 73.0 Å². The largest absolute Gasteiger partial charge is 0.339 e. The Morgan fingerprint density at radius 2 is 1.65 bits per heavy atom. The molecule has 1 aliphatic rings. The Kier molecular flexibility index (Phi) is 7.97. The van der Waals surface area contributed by atoms with E-state index in [0.29, 0.717) is 41.0 Å². The highest BCUT2D eigenvalue weighted by atomic mass is 35.5. The molecule has 37 heavy (non-hydrogen) atoms. The van der Waals surface area contributed by atoms with E-state index in [1.54, 1.807) is 0 Å². The SMILES string of the molecule is O=C(c1cccc(N(Cc2ccc(Cl)cc2)S(=O)c2ccccc2)c1)N1CCC(c2ccccn2)CC1. The van der Waals surface area contributed by atoms with Gasteiger partial charge in [0.05, 0.1) is 17.1 Å². The number of hydrogen-bond acceptors (Lipinski definition) is 3. The van der Waals surface area contributed by atoms with Crippen molar-refractivity contribution in [2.24, 2.45) is 0 Å². The smallest absolute Gasteiger partial charge is 0.253 e. The summed E-state index contributed by atoms with van der Waals surface area (Å²) in [5.74, 6) is 0.373. The summed E-state index contributed by atoms with van der Waals surface area (Å²) in [5.41, 5.74) is 3.39. The fraction of sp³-hybridized carbons (Fsp3) is 0.200. The number of halogens is 1. The molecule has 0 radical (unpaired) electrons. The van der Waals surface area contributed by atoms with E-state index >= 15 is 0 Å². The molecule has 1 aliphatic heterocycles. The molecule has 7 heteroatoms. The van der Waals surface area contributed by atoms with Crippen molar-refractivity contribution in [2.75, 3.05) is 17.4 Å². The summed E-state index contributed by atoms with van der Waals surface area (Å²) in [6.45, 7) is 1.79. The van der Waals surface area contributed by atoms with Gasteiger partial charge in [-0.15, -0.1) is 0 Å². The zero-order chi connectivity index (χ0) is 25.6. The first kappa shape index (κ1) is 25.2. The number of rotatable bonds is 7. The molecule has 4 aromatic rings. The average molecular weight is 530 g/mol. The zero-order valence-electron chi connectivity index (χ0n) is 20.4. The van der Waals surface area contributed by atoms with Gasteiger partial charge in [0.25, 0.3) is 5.91 Å². The molecule has 1 unspecified atom stereocenters. The van der Waals surface area contributed by atoms with Crippen molar-refractivity contribution in [3.63, 3.8) is 0 Å². The van der Waals surface area contributed by atoms with Gasteiger partial charge in [-0.3, -0.25) is 14.1 Å². The molecule has 3 aromatic carbocycles. The Labute approximate surface area is 225 Å². The average Bonchev–Trinajstić information content (AvgIpc) is 2.97. The Balaban J connectivity index is 1.36. The first-order chi connectivity index (χ1) is 18.1. The van der Waals surface area contributed by atoms with Crippen LogP contribution in [0.25, 0.3) is 0 Å². The van der Waals surface area contributed by atoms with Gasteiger partial charge in [0.2, 0.25) is 0 Å². The normalized spacial score (nSPS) is 14.8. The third-order valence-electron chi connectivity index (χ3n) is 6.65. The maximum atomic E-state index is 13.7. The van der Waals surface area contributed by atoms with Crippen LogP contribution < -0.4 is 4.31 Å². The lowest BCUT2D eigenvalue weighted by Crippen LogP contribution is -2.38. The molecule has 1 fully saturated rings. The van der Waals surface area contributed by atoms with Gasteiger partial charge in [-0.25, -0.2) is 4.21 Å². The second-order valence-electron chi connectivity index (χ2n) is 9.10. The summed E-state index contributed by atoms with van der Waals surface area (Å²) < 4.78 is 15.5. The quantitative estimate of drug-likeness (QED) is 0.275. The number of hydrogen-bond donors (Lipinski definition) is 0. The van der Waals surface area contributed by atoms with E-state index in [9.17, 15) is 9.00 Å². The highest BCUT2D eigenvalue weighted by Crippen LogP contribution is 2.29. The fourth-order valence-corrected chi connectivity index (χ4v) is 5.98. The van der Waals surface area contributed by atoms with Crippen LogP contribution in [0.4, 0.5) is 5.69 Å². The Morgan fingerprint density at radius 1 is 0.919 bits per heavy atom. The van der Waals surface area contributed by atoms with Crippen molar-refractivity contribution in [1.82, 2.24) is 9.88 Å². The molecule has 5 rings (SSSR count). The molecule has 0 bridgehead atoms. The van der Waals surface area contributed by atoms with Crippen molar-refractivity contribution in [3.05, 3.63) is 125 Å². The minimum absolute atomic E-state index is 0.00161. The summed E-state index contributed by atoms with van der Waals surface area (Å²) in [5, 5.41) is 0.652. The van der Waals surface area contributed by atoms with Crippen molar-refractivity contribution in [2.45, 2.75) is 30.2 Å². The number of pyridine rings is 1. The number of likely N-dealkylation sites (tertiary alicyclic amines) is 1. The van der Waals surface area contributed by atoms with E-state index in [1.807, 2.05) is 106 Å². The minimum Gasteiger partial charge on any atom is -0.339 e. The van der Waals surface area contributed by atoms with Gasteiger partial charge in [0.15, 0.2) is 11.0 Å². The lowest BCUT2D eigenvalue weighted by Gasteiger charge is -2.32. The summed E-state index contributed by atoms with van der Waals surface area (Å²) in [6, 6.07) is 30.3. The molecule has 0 aliphatic carbocycles. The predicted molar refractivity (Wildman–Crippen MR) is 149 cm³/mol. The number of anilines is 1. The standard InChI is InChI=1S/C30H28ClN3O2S/c31-26-14-12-23(13-15-26)22-34(37(36)28-9-2-1-3-10-28)27-8-6-7-25(21-27)30(35)33-19-16-24(17-20-33)29-11-4-5-18-32-29/h1-15,18,21,24H,16-17,19-20,22H2. The lowest BCUT2D eigenvalue weighted by atomic mass is 9.92. The third-order valence-corrected chi connectivity index (χ3v) is 8.32. The molecule has 2 heterocycles. The Hall–Kier alpha value is -3.48. The van der Waals surface area contributed by atoms with Crippen LogP contribution >= 0.6 is 11.6 Å². The molecule has 5 nitrogen and oxygen atoms in total. The summed E-state index contributed by atoms with van der Waals surface area (Å²) in [7, 11) is -1.46. The molecular formula is C30H28ClN3O2S. The van der Waals surface area contributed by atoms with Gasteiger partial charge in [-0.2, -0.15) is 0 Å². The van der Waals surface area contributed by atoms with E-state index in [-0.39, 0.29) is 5.91 Å². The van der Waals surface area contributed by atoms with Crippen LogP contribution in [0.15, 0.2) is 108 Å². The van der Waals surface area contributed by atoms with Crippen LogP contribution in [0, 0.1) is 0 Å². The topological polar surface area (TPSA) is 53.5 Å². The Bertz CT molecular complexity index is 1360. The van der Waals surface area contributed by atoms with Crippen LogP contribution in [-0.4, -0.2) is 33.1 Å². The van der Waals surface area contributed by atoms with E-state index < -0.39 is 11.0 Å². The predicted octanol–water partition coefficient (Wildman–Crippen LogP) is 6.48. The van der Waals surface area contributed by atoms with Crippen molar-refractivity contribution < 1.29 is 9.00 Å². The summed E-state index contributed by atoms with van der Waals surface area (Å²) >= 11 is 6.08. The van der Waals surface area contributed by atoms with Crippen LogP contribution in [0.5, 0.6) is 0 Å². The van der Waals surface area contributed by atoms with E-state index in [2.05, 4.69) is 11.1 Å². The van der Waals surface area contributed by atoms with E-state index in [0.717, 1.165) is 29.8 Å². The fourth-order valence-electron chi connectivity index (χ4n) is 4.64. The maximum Gasteiger partial charge on any atom is 0.253 e. The van der Waals surface area contributed by atoms with Gasteiger partial charge in [0.1, 0.15) is 0 Å². The summed E-state index contributed by atoms with van der Waals surface area (Å²) in [6.07, 6.45) is 3.61. The molecule has 0 N–H and O–H groups in total. The molecule has 0 spiro atoms. The van der Waals surface area contributed by atoms with Gasteiger partial charge < -0.3 is 4.90 Å². The first-order valence-corrected chi connectivity index (χ1v) is 13.9. The monoisotopic (exact) mass is 529 g/mol. The lowest BCUT2D eigenvalue weighted by molar-refractivity contribution is 0.0712. The van der Waals surface area contributed by atoms with Crippen LogP contribution in [-0.2, 0) is 17.5 Å². The number of carbonyl (C=O) groups is 1. The summed E-state index contributed by atoms with van der Waals surface area (Å²) in [4.78, 5) is 20.6. The van der Waals surface area contributed by atoms with Crippen LogP contribution in [0.3, 0.4) is 0 Å². The molecule has 0 saturated carbocycles. The number of amides is 1. The maximum absolute atomic E-state index is 13.7. The molecule has 1 aromatic heterocycles. The van der Waals surface area contributed by atoms with E-state index in [1.165, 1.54) is 0 Å². The number of carbonyl (C=O) groups excluding carboxylic acids is 1. The second kappa shape index (κ2) is 11.7. The molecule has 1 saturated heterocycles. The van der Waals surface area contributed by atoms with Gasteiger partial charge in [-0.1, -0.05) is 54.1 Å². The number of nitrogens with zero attached hydrogens (tertiary/aromatic N) is 3. The first-order valence-electron chi connectivity index (χ1n) is 12.4. The highest BCUT2D eigenvalue weighted by molar-refractivity contribution is 7.86. The second-order valence-corrected chi connectivity index (χ2v) is 10.9. The molecule has 1 atom stereocenters.